The molecule has 2 aliphatic heterocycles. The summed E-state index contributed by atoms with van der Waals surface area (Å²) < 4.78 is 43.5. The zero-order valence-corrected chi connectivity index (χ0v) is 24.6. The Bertz CT molecular complexity index is 1470. The third-order valence-corrected chi connectivity index (χ3v) is 7.39. The predicted octanol–water partition coefficient (Wildman–Crippen LogP) is 6.09. The minimum absolute atomic E-state index is 0.0812. The van der Waals surface area contributed by atoms with Gasteiger partial charge in [0, 0.05) is 30.3 Å². The van der Waals surface area contributed by atoms with Crippen molar-refractivity contribution in [2.24, 2.45) is 0 Å². The van der Waals surface area contributed by atoms with Crippen LogP contribution in [0.3, 0.4) is 0 Å². The summed E-state index contributed by atoms with van der Waals surface area (Å²) in [6.45, 7) is 10.2. The molecule has 0 spiro atoms. The number of hydrogen-bond donors (Lipinski definition) is 1. The van der Waals surface area contributed by atoms with Crippen LogP contribution in [0, 0.1) is 12.7 Å². The molecule has 0 saturated carbocycles. The summed E-state index contributed by atoms with van der Waals surface area (Å²) in [5, 5.41) is 3.36. The number of carbonyl (C=O) groups excluding carboxylic acids is 1. The van der Waals surface area contributed by atoms with Crippen LogP contribution in [0.15, 0.2) is 48.5 Å². The van der Waals surface area contributed by atoms with E-state index in [9.17, 15) is 9.18 Å². The van der Waals surface area contributed by atoms with E-state index >= 15 is 0 Å². The van der Waals surface area contributed by atoms with Crippen LogP contribution in [-0.4, -0.2) is 50.7 Å². The number of amides is 1. The Morgan fingerprint density at radius 2 is 1.78 bits per heavy atom. The van der Waals surface area contributed by atoms with Gasteiger partial charge in [0.15, 0.2) is 5.79 Å². The van der Waals surface area contributed by atoms with Crippen molar-refractivity contribution in [1.82, 2.24) is 0 Å². The van der Waals surface area contributed by atoms with Crippen molar-refractivity contribution in [2.45, 2.75) is 58.7 Å². The number of methoxy groups -OCH3 is 1. The molecule has 0 bridgehead atoms. The molecule has 1 unspecified atom stereocenters. The summed E-state index contributed by atoms with van der Waals surface area (Å²) in [4.78, 5) is 14.9. The minimum atomic E-state index is -0.777. The number of hydrogen-bond acceptors (Lipinski definition) is 7. The monoisotopic (exact) mass is 564 g/mol. The molecule has 1 amide bonds. The van der Waals surface area contributed by atoms with E-state index in [4.69, 9.17) is 23.7 Å². The lowest BCUT2D eigenvalue weighted by molar-refractivity contribution is -0.141. The van der Waals surface area contributed by atoms with Gasteiger partial charge in [-0.25, -0.2) is 4.39 Å². The van der Waals surface area contributed by atoms with E-state index in [-0.39, 0.29) is 24.4 Å². The maximum Gasteiger partial charge on any atom is 0.251 e. The molecule has 8 nitrogen and oxygen atoms in total. The highest BCUT2D eigenvalue weighted by Gasteiger charge is 2.39. The van der Waals surface area contributed by atoms with E-state index in [1.165, 1.54) is 12.1 Å². The lowest BCUT2D eigenvalue weighted by Gasteiger charge is -2.39. The molecule has 1 saturated heterocycles. The largest absolute Gasteiger partial charge is 0.496 e. The molecule has 2 heterocycles. The van der Waals surface area contributed by atoms with Crippen LogP contribution < -0.4 is 24.4 Å². The van der Waals surface area contributed by atoms with Crippen LogP contribution >= 0.6 is 0 Å². The molecule has 0 radical (unpaired) electrons. The maximum absolute atomic E-state index is 14.0. The number of rotatable bonds is 8. The highest BCUT2D eigenvalue weighted by atomic mass is 19.1. The van der Waals surface area contributed by atoms with Crippen molar-refractivity contribution in [3.63, 3.8) is 0 Å². The number of nitrogens with zero attached hydrogens (tertiary/aromatic N) is 1. The second kappa shape index (κ2) is 10.9. The summed E-state index contributed by atoms with van der Waals surface area (Å²) in [5.74, 6) is 0.565. The smallest absolute Gasteiger partial charge is 0.251 e. The van der Waals surface area contributed by atoms with Crippen molar-refractivity contribution < 1.29 is 32.9 Å². The molecule has 3 aromatic carbocycles. The highest BCUT2D eigenvalue weighted by Crippen LogP contribution is 2.45. The normalized spacial score (nSPS) is 19.0. The zero-order chi connectivity index (χ0) is 29.5. The Hall–Kier alpha value is -3.82. The molecule has 0 aromatic heterocycles. The lowest BCUT2D eigenvalue weighted by atomic mass is 9.91. The number of likely N-dealkylation sites (N-methyl/N-ethyl adjacent to an activating group) is 1. The van der Waals surface area contributed by atoms with Crippen molar-refractivity contribution in [3.05, 3.63) is 65.5 Å². The molecular formula is C32H37FN2O6. The highest BCUT2D eigenvalue weighted by molar-refractivity contribution is 6.08. The van der Waals surface area contributed by atoms with Gasteiger partial charge >= 0.3 is 0 Å². The van der Waals surface area contributed by atoms with Gasteiger partial charge in [0.2, 0.25) is 0 Å². The first kappa shape index (κ1) is 28.7. The van der Waals surface area contributed by atoms with E-state index in [0.717, 1.165) is 27.9 Å². The lowest BCUT2D eigenvalue weighted by Crippen LogP contribution is -2.52. The van der Waals surface area contributed by atoms with Gasteiger partial charge < -0.3 is 33.9 Å². The van der Waals surface area contributed by atoms with Gasteiger partial charge in [0.05, 0.1) is 25.1 Å². The quantitative estimate of drug-likeness (QED) is 0.355. The number of halogens is 1. The third kappa shape index (κ3) is 5.83. The Balaban J connectivity index is 1.52. The Kier molecular flexibility index (Phi) is 7.61. The number of aryl methyl sites for hydroxylation is 1. The molecule has 218 valence electrons. The molecule has 2 aliphatic rings. The molecule has 41 heavy (non-hydrogen) atoms. The van der Waals surface area contributed by atoms with Crippen LogP contribution in [0.5, 0.6) is 17.2 Å². The van der Waals surface area contributed by atoms with Gasteiger partial charge in [-0.3, -0.25) is 4.79 Å². The van der Waals surface area contributed by atoms with Crippen LogP contribution in [0.2, 0.25) is 0 Å². The fourth-order valence-electron chi connectivity index (χ4n) is 5.33. The second-order valence-corrected chi connectivity index (χ2v) is 11.4. The number of fused-ring (bicyclic) bond motifs is 1. The summed E-state index contributed by atoms with van der Waals surface area (Å²) in [7, 11) is 3.36. The summed E-state index contributed by atoms with van der Waals surface area (Å²) >= 11 is 0. The molecule has 0 aliphatic carbocycles. The Labute approximate surface area is 240 Å². The van der Waals surface area contributed by atoms with Crippen LogP contribution in [0.25, 0.3) is 11.1 Å². The fourth-order valence-corrected chi connectivity index (χ4v) is 5.33. The Morgan fingerprint density at radius 3 is 2.49 bits per heavy atom. The van der Waals surface area contributed by atoms with Gasteiger partial charge in [0.1, 0.15) is 47.9 Å². The molecule has 1 fully saturated rings. The SMILES string of the molecule is COc1cc(OCC2COC(C)(C)O2)ccc1-c1ccc2c(c1COc1cc(F)ccc1C)N(C)C(=O)C(C)(C)N2. The first-order valence-electron chi connectivity index (χ1n) is 13.6. The van der Waals surface area contributed by atoms with Gasteiger partial charge in [-0.1, -0.05) is 12.1 Å². The number of ether oxygens (including phenoxy) is 5. The van der Waals surface area contributed by atoms with E-state index in [1.807, 2.05) is 65.0 Å². The molecule has 9 heteroatoms. The van der Waals surface area contributed by atoms with Crippen molar-refractivity contribution >= 4 is 17.3 Å². The van der Waals surface area contributed by atoms with Gasteiger partial charge in [0.25, 0.3) is 5.91 Å². The number of carbonyl (C=O) groups is 1. The van der Waals surface area contributed by atoms with E-state index in [2.05, 4.69) is 5.32 Å². The first-order chi connectivity index (χ1) is 19.4. The van der Waals surface area contributed by atoms with Crippen molar-refractivity contribution in [1.29, 1.82) is 0 Å². The van der Waals surface area contributed by atoms with Crippen LogP contribution in [0.1, 0.15) is 38.8 Å². The average molecular weight is 565 g/mol. The van der Waals surface area contributed by atoms with E-state index < -0.39 is 11.3 Å². The predicted molar refractivity (Wildman–Crippen MR) is 155 cm³/mol. The Morgan fingerprint density at radius 1 is 1.02 bits per heavy atom. The van der Waals surface area contributed by atoms with Crippen LogP contribution in [-0.2, 0) is 20.9 Å². The summed E-state index contributed by atoms with van der Waals surface area (Å²) in [6, 6.07) is 14.0. The number of nitrogens with one attached hydrogen (secondary N) is 1. The number of benzene rings is 3. The first-order valence-corrected chi connectivity index (χ1v) is 13.6. The minimum Gasteiger partial charge on any atom is -0.496 e. The maximum atomic E-state index is 14.0. The molecule has 1 atom stereocenters. The summed E-state index contributed by atoms with van der Waals surface area (Å²) in [5.41, 5.74) is 3.90. The summed E-state index contributed by atoms with van der Waals surface area (Å²) in [6.07, 6.45) is -0.170. The average Bonchev–Trinajstić information content (AvgIpc) is 3.29. The standard InChI is InChI=1S/C32H37FN2O6/c1-19-8-9-20(33)14-27(19)39-18-25-23(12-13-26-29(25)35(6)30(36)31(2,3)34-26)24-11-10-21(15-28(24)37-7)38-16-22-17-40-32(4,5)41-22/h8-15,22,34H,16-18H2,1-7H3. The van der Waals surface area contributed by atoms with Gasteiger partial charge in [-0.2, -0.15) is 0 Å². The van der Waals surface area contributed by atoms with Crippen LogP contribution in [0.4, 0.5) is 15.8 Å². The topological polar surface area (TPSA) is 78.5 Å². The van der Waals surface area contributed by atoms with Crippen molar-refractivity contribution in [3.8, 4) is 28.4 Å². The molecule has 5 rings (SSSR count). The number of anilines is 2. The molecule has 1 N–H and O–H groups in total. The molecule has 3 aromatic rings. The second-order valence-electron chi connectivity index (χ2n) is 11.4. The van der Waals surface area contributed by atoms with E-state index in [1.54, 1.807) is 25.1 Å². The van der Waals surface area contributed by atoms with Crippen molar-refractivity contribution in [2.75, 3.05) is 37.6 Å². The third-order valence-electron chi connectivity index (χ3n) is 7.39. The zero-order valence-electron chi connectivity index (χ0n) is 24.6. The fraction of sp³-hybridized carbons (Fsp3) is 0.406. The van der Waals surface area contributed by atoms with Gasteiger partial charge in [-0.15, -0.1) is 0 Å². The van der Waals surface area contributed by atoms with E-state index in [0.29, 0.717) is 36.1 Å². The van der Waals surface area contributed by atoms with Gasteiger partial charge in [-0.05, 0) is 70.0 Å². The molecular weight excluding hydrogens is 527 g/mol.